The maximum atomic E-state index is 11.6. The molecule has 0 aliphatic rings. The number of imidazole rings is 1. The molecule has 2 amide bonds. The second kappa shape index (κ2) is 8.28. The molecule has 0 bridgehead atoms. The molecule has 118 valence electrons. The van der Waals surface area contributed by atoms with Crippen molar-refractivity contribution in [3.05, 3.63) is 18.2 Å². The lowest BCUT2D eigenvalue weighted by molar-refractivity contribution is -0.142. The van der Waals surface area contributed by atoms with Gasteiger partial charge in [-0.3, -0.25) is 4.79 Å². The number of carboxylic acids is 1. The second-order valence-electron chi connectivity index (χ2n) is 5.51. The molecule has 7 heteroatoms. The van der Waals surface area contributed by atoms with E-state index >= 15 is 0 Å². The molecule has 21 heavy (non-hydrogen) atoms. The highest BCUT2D eigenvalue weighted by Gasteiger charge is 2.19. The van der Waals surface area contributed by atoms with Crippen LogP contribution in [-0.4, -0.2) is 39.7 Å². The van der Waals surface area contributed by atoms with Gasteiger partial charge in [0.25, 0.3) is 0 Å². The fourth-order valence-corrected chi connectivity index (χ4v) is 2.04. The topological polar surface area (TPSA) is 96.3 Å². The molecule has 0 saturated heterocycles. The molecule has 0 saturated carbocycles. The SMILES string of the molecule is CC(C)CC(CNC(=O)NCCc1nccn1C)C(=O)O. The molecule has 0 radical (unpaired) electrons. The maximum Gasteiger partial charge on any atom is 0.314 e. The van der Waals surface area contributed by atoms with Crippen LogP contribution in [0.2, 0.25) is 0 Å². The lowest BCUT2D eigenvalue weighted by Gasteiger charge is -2.15. The third-order valence-electron chi connectivity index (χ3n) is 3.17. The van der Waals surface area contributed by atoms with Gasteiger partial charge in [-0.05, 0) is 12.3 Å². The van der Waals surface area contributed by atoms with E-state index in [-0.39, 0.29) is 18.5 Å². The van der Waals surface area contributed by atoms with Crippen molar-refractivity contribution in [2.75, 3.05) is 13.1 Å². The van der Waals surface area contributed by atoms with E-state index in [1.807, 2.05) is 31.7 Å². The van der Waals surface area contributed by atoms with Crippen molar-refractivity contribution in [3.63, 3.8) is 0 Å². The van der Waals surface area contributed by atoms with Crippen LogP contribution >= 0.6 is 0 Å². The van der Waals surface area contributed by atoms with Crippen molar-refractivity contribution in [3.8, 4) is 0 Å². The number of nitrogens with zero attached hydrogens (tertiary/aromatic N) is 2. The zero-order valence-electron chi connectivity index (χ0n) is 12.8. The van der Waals surface area contributed by atoms with Crippen LogP contribution in [0, 0.1) is 11.8 Å². The third kappa shape index (κ3) is 6.29. The normalized spacial score (nSPS) is 12.2. The third-order valence-corrected chi connectivity index (χ3v) is 3.17. The fourth-order valence-electron chi connectivity index (χ4n) is 2.04. The summed E-state index contributed by atoms with van der Waals surface area (Å²) in [6.07, 6.45) is 4.73. The van der Waals surface area contributed by atoms with Crippen LogP contribution in [0.4, 0.5) is 4.79 Å². The minimum atomic E-state index is -0.878. The minimum absolute atomic E-state index is 0.141. The Morgan fingerprint density at radius 2 is 2.10 bits per heavy atom. The number of aromatic nitrogens is 2. The van der Waals surface area contributed by atoms with Gasteiger partial charge in [-0.2, -0.15) is 0 Å². The number of carbonyl (C=O) groups excluding carboxylic acids is 1. The first-order chi connectivity index (χ1) is 9.90. The Kier molecular flexibility index (Phi) is 6.71. The summed E-state index contributed by atoms with van der Waals surface area (Å²) in [5.74, 6) is -0.264. The van der Waals surface area contributed by atoms with Crippen LogP contribution in [0.5, 0.6) is 0 Å². The number of hydrogen-bond donors (Lipinski definition) is 3. The average molecular weight is 296 g/mol. The van der Waals surface area contributed by atoms with Crippen molar-refractivity contribution < 1.29 is 14.7 Å². The van der Waals surface area contributed by atoms with Gasteiger partial charge in [0.05, 0.1) is 5.92 Å². The highest BCUT2D eigenvalue weighted by atomic mass is 16.4. The molecular weight excluding hydrogens is 272 g/mol. The van der Waals surface area contributed by atoms with Gasteiger partial charge >= 0.3 is 12.0 Å². The number of amides is 2. The van der Waals surface area contributed by atoms with Crippen molar-refractivity contribution in [1.82, 2.24) is 20.2 Å². The number of urea groups is 1. The highest BCUT2D eigenvalue weighted by Crippen LogP contribution is 2.10. The standard InChI is InChI=1S/C14H24N4O3/c1-10(2)8-11(13(19)20)9-17-14(21)16-5-4-12-15-6-7-18(12)3/h6-7,10-11H,4-5,8-9H2,1-3H3,(H,19,20)(H2,16,17,21). The van der Waals surface area contributed by atoms with Crippen LogP contribution in [0.1, 0.15) is 26.1 Å². The van der Waals surface area contributed by atoms with E-state index < -0.39 is 11.9 Å². The Balaban J connectivity index is 2.26. The van der Waals surface area contributed by atoms with Crippen molar-refractivity contribution >= 4 is 12.0 Å². The predicted molar refractivity (Wildman–Crippen MR) is 78.9 cm³/mol. The number of aliphatic carboxylic acids is 1. The van der Waals surface area contributed by atoms with Crippen LogP contribution in [0.25, 0.3) is 0 Å². The van der Waals surface area contributed by atoms with Gasteiger partial charge in [0, 0.05) is 39.0 Å². The Morgan fingerprint density at radius 3 is 2.62 bits per heavy atom. The van der Waals surface area contributed by atoms with Crippen LogP contribution < -0.4 is 10.6 Å². The Hall–Kier alpha value is -2.05. The monoisotopic (exact) mass is 296 g/mol. The summed E-state index contributed by atoms with van der Waals surface area (Å²) in [6.45, 7) is 4.52. The van der Waals surface area contributed by atoms with Gasteiger partial charge in [0.2, 0.25) is 0 Å². The highest BCUT2D eigenvalue weighted by molar-refractivity contribution is 5.75. The summed E-state index contributed by atoms with van der Waals surface area (Å²) in [7, 11) is 1.89. The zero-order chi connectivity index (χ0) is 15.8. The van der Waals surface area contributed by atoms with Gasteiger partial charge in [0.15, 0.2) is 0 Å². The fraction of sp³-hybridized carbons (Fsp3) is 0.643. The first kappa shape index (κ1) is 17.0. The summed E-state index contributed by atoms with van der Waals surface area (Å²) in [4.78, 5) is 26.9. The quantitative estimate of drug-likeness (QED) is 0.667. The molecule has 3 N–H and O–H groups in total. The molecule has 0 aliphatic heterocycles. The van der Waals surface area contributed by atoms with Crippen LogP contribution in [-0.2, 0) is 18.3 Å². The Bertz CT molecular complexity index is 471. The summed E-state index contributed by atoms with van der Waals surface area (Å²) in [6, 6.07) is -0.348. The van der Waals surface area contributed by atoms with E-state index in [0.717, 1.165) is 5.82 Å². The summed E-state index contributed by atoms with van der Waals surface area (Å²) < 4.78 is 1.89. The number of nitrogens with one attached hydrogen (secondary N) is 2. The Morgan fingerprint density at radius 1 is 1.38 bits per heavy atom. The molecule has 0 aromatic carbocycles. The van der Waals surface area contributed by atoms with Crippen molar-refractivity contribution in [2.24, 2.45) is 18.9 Å². The van der Waals surface area contributed by atoms with E-state index in [4.69, 9.17) is 5.11 Å². The first-order valence-corrected chi connectivity index (χ1v) is 7.10. The molecular formula is C14H24N4O3. The molecule has 1 rings (SSSR count). The van der Waals surface area contributed by atoms with Gasteiger partial charge in [-0.15, -0.1) is 0 Å². The van der Waals surface area contributed by atoms with E-state index in [0.29, 0.717) is 19.4 Å². The van der Waals surface area contributed by atoms with E-state index in [1.54, 1.807) is 6.20 Å². The summed E-state index contributed by atoms with van der Waals surface area (Å²) in [5, 5.41) is 14.4. The number of hydrogen-bond acceptors (Lipinski definition) is 3. The molecule has 1 heterocycles. The molecule has 7 nitrogen and oxygen atoms in total. The molecule has 1 aromatic rings. The van der Waals surface area contributed by atoms with Gasteiger partial charge in [0.1, 0.15) is 5.82 Å². The van der Waals surface area contributed by atoms with E-state index in [1.165, 1.54) is 0 Å². The summed E-state index contributed by atoms with van der Waals surface area (Å²) >= 11 is 0. The molecule has 1 unspecified atom stereocenters. The van der Waals surface area contributed by atoms with Crippen molar-refractivity contribution in [1.29, 1.82) is 0 Å². The van der Waals surface area contributed by atoms with Crippen molar-refractivity contribution in [2.45, 2.75) is 26.7 Å². The molecule has 0 spiro atoms. The minimum Gasteiger partial charge on any atom is -0.481 e. The molecule has 0 aliphatic carbocycles. The predicted octanol–water partition coefficient (Wildman–Crippen LogP) is 1.01. The average Bonchev–Trinajstić information content (AvgIpc) is 2.79. The maximum absolute atomic E-state index is 11.6. The lowest BCUT2D eigenvalue weighted by atomic mass is 9.97. The van der Waals surface area contributed by atoms with Crippen LogP contribution in [0.15, 0.2) is 12.4 Å². The zero-order valence-corrected chi connectivity index (χ0v) is 12.8. The number of carbonyl (C=O) groups is 2. The smallest absolute Gasteiger partial charge is 0.314 e. The number of carboxylic acid groups (broad SMARTS) is 1. The van der Waals surface area contributed by atoms with E-state index in [2.05, 4.69) is 15.6 Å². The van der Waals surface area contributed by atoms with Gasteiger partial charge in [-0.1, -0.05) is 13.8 Å². The van der Waals surface area contributed by atoms with Crippen LogP contribution in [0.3, 0.4) is 0 Å². The number of rotatable bonds is 8. The molecule has 1 aromatic heterocycles. The van der Waals surface area contributed by atoms with Gasteiger partial charge < -0.3 is 20.3 Å². The number of aryl methyl sites for hydroxylation is 1. The largest absolute Gasteiger partial charge is 0.481 e. The molecule has 0 fully saturated rings. The lowest BCUT2D eigenvalue weighted by Crippen LogP contribution is -2.41. The molecule has 1 atom stereocenters. The second-order valence-corrected chi connectivity index (χ2v) is 5.51. The van der Waals surface area contributed by atoms with E-state index in [9.17, 15) is 9.59 Å². The Labute approximate surface area is 124 Å². The summed E-state index contributed by atoms with van der Waals surface area (Å²) in [5.41, 5.74) is 0. The van der Waals surface area contributed by atoms with Gasteiger partial charge in [-0.25, -0.2) is 9.78 Å². The first-order valence-electron chi connectivity index (χ1n) is 7.10.